The highest BCUT2D eigenvalue weighted by atomic mass is 32.1. The maximum absolute atomic E-state index is 12.7. The smallest absolute Gasteiger partial charge is 0.253 e. The highest BCUT2D eigenvalue weighted by Gasteiger charge is 2.22. The minimum absolute atomic E-state index is 0.0574. The Morgan fingerprint density at radius 1 is 1.29 bits per heavy atom. The molecule has 1 aromatic heterocycles. The Balaban J connectivity index is 1.69. The lowest BCUT2D eigenvalue weighted by molar-refractivity contribution is 0.0896. The third-order valence-electron chi connectivity index (χ3n) is 5.99. The van der Waals surface area contributed by atoms with Crippen LogP contribution in [0.15, 0.2) is 29.1 Å². The number of aromatic amines is 1. The Morgan fingerprint density at radius 2 is 2.10 bits per heavy atom. The second-order valence-electron chi connectivity index (χ2n) is 8.34. The molecule has 0 spiro atoms. The van der Waals surface area contributed by atoms with Crippen LogP contribution in [-0.4, -0.2) is 65.3 Å². The van der Waals surface area contributed by atoms with E-state index in [2.05, 4.69) is 46.9 Å². The van der Waals surface area contributed by atoms with Crippen LogP contribution in [0.25, 0.3) is 10.9 Å². The molecule has 2 heterocycles. The van der Waals surface area contributed by atoms with Crippen LogP contribution in [0.1, 0.15) is 44.2 Å². The molecule has 3 rings (SSSR count). The minimum Gasteiger partial charge on any atom is -0.376 e. The van der Waals surface area contributed by atoms with E-state index in [9.17, 15) is 4.79 Å². The Morgan fingerprint density at radius 3 is 2.81 bits per heavy atom. The lowest BCUT2D eigenvalue weighted by Gasteiger charge is -2.28. The Hall–Kier alpha value is -1.96. The van der Waals surface area contributed by atoms with E-state index in [1.54, 1.807) is 0 Å². The number of H-pyrrole nitrogens is 1. The van der Waals surface area contributed by atoms with E-state index in [0.29, 0.717) is 18.2 Å². The fraction of sp³-hybridized carbons (Fsp3) is 0.583. The second kappa shape index (κ2) is 11.6. The highest BCUT2D eigenvalue weighted by Crippen LogP contribution is 2.17. The van der Waals surface area contributed by atoms with Gasteiger partial charge in [-0.15, -0.1) is 0 Å². The van der Waals surface area contributed by atoms with Crippen LogP contribution in [0.3, 0.4) is 0 Å². The lowest BCUT2D eigenvalue weighted by Crippen LogP contribution is -2.44. The van der Waals surface area contributed by atoms with Crippen molar-refractivity contribution in [1.82, 2.24) is 20.1 Å². The van der Waals surface area contributed by atoms with Crippen LogP contribution < -0.4 is 10.9 Å². The molecule has 1 fully saturated rings. The largest absolute Gasteiger partial charge is 0.376 e. The Kier molecular flexibility index (Phi) is 8.87. The quantitative estimate of drug-likeness (QED) is 0.433. The molecule has 1 saturated heterocycles. The molecule has 0 bridgehead atoms. The maximum Gasteiger partial charge on any atom is 0.253 e. The molecule has 0 radical (unpaired) electrons. The van der Waals surface area contributed by atoms with Gasteiger partial charge in [0.05, 0.1) is 12.6 Å². The standard InChI is InChI=1S/C24H36N4O2S/c1-4-27(5-2)12-7-11-25-24(31)28(17-21-8-6-13-30-21)16-20-15-19-14-18(3)9-10-22(19)26-23(20)29/h9-10,14-15,21H,4-8,11-13,16-17H2,1-3H3,(H,25,31)(H,26,29)/t21-/m0/s1. The Labute approximate surface area is 191 Å². The number of nitrogens with zero attached hydrogens (tertiary/aromatic N) is 2. The molecule has 0 unspecified atom stereocenters. The monoisotopic (exact) mass is 444 g/mol. The van der Waals surface area contributed by atoms with Crippen molar-refractivity contribution in [2.75, 3.05) is 39.3 Å². The van der Waals surface area contributed by atoms with Crippen LogP contribution in [0.4, 0.5) is 0 Å². The number of thiocarbonyl (C=S) groups is 1. The third kappa shape index (κ3) is 6.76. The van der Waals surface area contributed by atoms with E-state index < -0.39 is 0 Å². The molecule has 1 aliphatic rings. The van der Waals surface area contributed by atoms with Crippen LogP contribution in [0.2, 0.25) is 0 Å². The molecule has 1 aromatic carbocycles. The molecule has 6 nitrogen and oxygen atoms in total. The fourth-order valence-corrected chi connectivity index (χ4v) is 4.34. The molecule has 0 saturated carbocycles. The number of fused-ring (bicyclic) bond motifs is 1. The summed E-state index contributed by atoms with van der Waals surface area (Å²) in [6, 6.07) is 8.07. The lowest BCUT2D eigenvalue weighted by atomic mass is 10.1. The van der Waals surface area contributed by atoms with Gasteiger partial charge in [-0.2, -0.15) is 0 Å². The predicted octanol–water partition coefficient (Wildman–Crippen LogP) is 3.42. The zero-order valence-electron chi connectivity index (χ0n) is 19.1. The first-order valence-electron chi connectivity index (χ1n) is 11.5. The van der Waals surface area contributed by atoms with Gasteiger partial charge in [-0.25, -0.2) is 0 Å². The van der Waals surface area contributed by atoms with Gasteiger partial charge in [0.15, 0.2) is 5.11 Å². The fourth-order valence-electron chi connectivity index (χ4n) is 4.10. The zero-order valence-corrected chi connectivity index (χ0v) is 19.9. The van der Waals surface area contributed by atoms with Crippen LogP contribution >= 0.6 is 12.2 Å². The van der Waals surface area contributed by atoms with E-state index in [0.717, 1.165) is 68.5 Å². The summed E-state index contributed by atoms with van der Waals surface area (Å²) in [5.74, 6) is 0. The van der Waals surface area contributed by atoms with Gasteiger partial charge in [-0.05, 0) is 81.6 Å². The topological polar surface area (TPSA) is 60.6 Å². The van der Waals surface area contributed by atoms with Gasteiger partial charge in [-0.3, -0.25) is 4.79 Å². The van der Waals surface area contributed by atoms with E-state index in [1.165, 1.54) is 5.56 Å². The van der Waals surface area contributed by atoms with Crippen molar-refractivity contribution in [2.45, 2.75) is 52.7 Å². The molecular formula is C24H36N4O2S. The molecule has 2 N–H and O–H groups in total. The molecular weight excluding hydrogens is 408 g/mol. The summed E-state index contributed by atoms with van der Waals surface area (Å²) in [4.78, 5) is 20.3. The number of benzene rings is 1. The maximum atomic E-state index is 12.7. The first kappa shape index (κ1) is 23.7. The highest BCUT2D eigenvalue weighted by molar-refractivity contribution is 7.80. The van der Waals surface area contributed by atoms with Gasteiger partial charge >= 0.3 is 0 Å². The number of pyridine rings is 1. The molecule has 1 atom stereocenters. The number of ether oxygens (including phenoxy) is 1. The van der Waals surface area contributed by atoms with E-state index in [-0.39, 0.29) is 11.7 Å². The van der Waals surface area contributed by atoms with Crippen LogP contribution in [-0.2, 0) is 11.3 Å². The number of hydrogen-bond donors (Lipinski definition) is 2. The van der Waals surface area contributed by atoms with E-state index in [1.807, 2.05) is 18.2 Å². The zero-order chi connectivity index (χ0) is 22.2. The average molecular weight is 445 g/mol. The summed E-state index contributed by atoms with van der Waals surface area (Å²) in [5, 5.41) is 5.15. The predicted molar refractivity (Wildman–Crippen MR) is 132 cm³/mol. The number of nitrogens with one attached hydrogen (secondary N) is 2. The van der Waals surface area contributed by atoms with Gasteiger partial charge in [-0.1, -0.05) is 25.5 Å². The van der Waals surface area contributed by atoms with Crippen molar-refractivity contribution >= 4 is 28.2 Å². The van der Waals surface area contributed by atoms with Gasteiger partial charge in [0.25, 0.3) is 5.56 Å². The van der Waals surface area contributed by atoms with Crippen molar-refractivity contribution in [3.05, 3.63) is 45.7 Å². The first-order valence-corrected chi connectivity index (χ1v) is 11.9. The van der Waals surface area contributed by atoms with Crippen LogP contribution in [0, 0.1) is 6.92 Å². The summed E-state index contributed by atoms with van der Waals surface area (Å²) in [6.45, 7) is 12.4. The van der Waals surface area contributed by atoms with Crippen molar-refractivity contribution in [2.24, 2.45) is 0 Å². The van der Waals surface area contributed by atoms with E-state index >= 15 is 0 Å². The summed E-state index contributed by atoms with van der Waals surface area (Å²) >= 11 is 5.74. The number of hydrogen-bond acceptors (Lipinski definition) is 4. The normalized spacial score (nSPS) is 16.2. The molecule has 1 aliphatic heterocycles. The van der Waals surface area contributed by atoms with Gasteiger partial charge in [0.1, 0.15) is 0 Å². The minimum atomic E-state index is -0.0574. The molecule has 0 aliphatic carbocycles. The van der Waals surface area contributed by atoms with Crippen molar-refractivity contribution in [3.63, 3.8) is 0 Å². The molecule has 2 aromatic rings. The summed E-state index contributed by atoms with van der Waals surface area (Å²) < 4.78 is 5.85. The number of aromatic nitrogens is 1. The summed E-state index contributed by atoms with van der Waals surface area (Å²) in [7, 11) is 0. The third-order valence-corrected chi connectivity index (χ3v) is 6.40. The second-order valence-corrected chi connectivity index (χ2v) is 8.73. The Bertz CT molecular complexity index is 919. The van der Waals surface area contributed by atoms with Gasteiger partial charge < -0.3 is 24.8 Å². The number of aryl methyl sites for hydroxylation is 1. The van der Waals surface area contributed by atoms with Gasteiger partial charge in [0.2, 0.25) is 0 Å². The van der Waals surface area contributed by atoms with Gasteiger partial charge in [0, 0.05) is 30.8 Å². The first-order chi connectivity index (χ1) is 15.0. The van der Waals surface area contributed by atoms with Crippen molar-refractivity contribution < 1.29 is 4.74 Å². The van der Waals surface area contributed by atoms with Crippen molar-refractivity contribution in [1.29, 1.82) is 0 Å². The molecule has 31 heavy (non-hydrogen) atoms. The number of rotatable bonds is 10. The summed E-state index contributed by atoms with van der Waals surface area (Å²) in [5.41, 5.74) is 2.70. The molecule has 170 valence electrons. The van der Waals surface area contributed by atoms with E-state index in [4.69, 9.17) is 17.0 Å². The molecule has 0 amide bonds. The SMILES string of the molecule is CCN(CC)CCCNC(=S)N(Cc1cc2cc(C)ccc2[nH]c1=O)C[C@@H]1CCCO1. The van der Waals surface area contributed by atoms with Crippen LogP contribution in [0.5, 0.6) is 0 Å². The van der Waals surface area contributed by atoms with Crippen molar-refractivity contribution in [3.8, 4) is 0 Å². The summed E-state index contributed by atoms with van der Waals surface area (Å²) in [6.07, 6.45) is 3.32. The molecule has 7 heteroatoms. The average Bonchev–Trinajstić information content (AvgIpc) is 3.27.